The highest BCUT2D eigenvalue weighted by Crippen LogP contribution is 2.40. The van der Waals surface area contributed by atoms with Gasteiger partial charge in [0.25, 0.3) is 0 Å². The number of ether oxygens (including phenoxy) is 1. The Labute approximate surface area is 141 Å². The Bertz CT molecular complexity index is 778. The Morgan fingerprint density at radius 2 is 1.88 bits per heavy atom. The summed E-state index contributed by atoms with van der Waals surface area (Å²) in [6, 6.07) is 9.85. The fraction of sp³-hybridized carbons (Fsp3) is 0.421. The normalized spacial score (nSPS) is 19.1. The Morgan fingerprint density at radius 3 is 2.58 bits per heavy atom. The molecule has 4 rings (SSSR count). The number of aromatic nitrogens is 2. The molecule has 1 aromatic heterocycles. The third-order valence-electron chi connectivity index (χ3n) is 5.03. The average molecular weight is 323 g/mol. The molecule has 5 nitrogen and oxygen atoms in total. The quantitative estimate of drug-likeness (QED) is 0.807. The average Bonchev–Trinajstić information content (AvgIpc) is 2.57. The number of carbonyl (C=O) groups is 1. The van der Waals surface area contributed by atoms with Gasteiger partial charge in [0.05, 0.1) is 17.7 Å². The monoisotopic (exact) mass is 323 g/mol. The molecule has 2 aliphatic heterocycles. The zero-order valence-corrected chi connectivity index (χ0v) is 14.1. The largest absolute Gasteiger partial charge is 0.486 e. The van der Waals surface area contributed by atoms with Crippen LogP contribution < -0.4 is 9.64 Å². The number of fused-ring (bicyclic) bond motifs is 1. The van der Waals surface area contributed by atoms with E-state index in [2.05, 4.69) is 15.1 Å². The number of ketones is 1. The molecule has 0 radical (unpaired) electrons. The first kappa shape index (κ1) is 15.1. The third-order valence-corrected chi connectivity index (χ3v) is 5.03. The first-order valence-corrected chi connectivity index (χ1v) is 8.43. The minimum Gasteiger partial charge on any atom is -0.486 e. The van der Waals surface area contributed by atoms with Crippen molar-refractivity contribution in [3.05, 3.63) is 47.2 Å². The maximum atomic E-state index is 12.6. The van der Waals surface area contributed by atoms with Crippen LogP contribution in [-0.2, 0) is 0 Å². The fourth-order valence-corrected chi connectivity index (χ4v) is 3.59. The van der Waals surface area contributed by atoms with Crippen LogP contribution in [0.15, 0.2) is 30.3 Å². The fourth-order valence-electron chi connectivity index (χ4n) is 3.59. The van der Waals surface area contributed by atoms with E-state index in [1.807, 2.05) is 44.2 Å². The summed E-state index contributed by atoms with van der Waals surface area (Å²) in [5.41, 5.74) is 2.37. The molecule has 3 heterocycles. The molecule has 0 N–H and O–H groups in total. The van der Waals surface area contributed by atoms with Crippen molar-refractivity contribution in [2.75, 3.05) is 18.0 Å². The number of rotatable bonds is 1. The number of hydrogen-bond donors (Lipinski definition) is 0. The van der Waals surface area contributed by atoms with Gasteiger partial charge in [-0.2, -0.15) is 5.10 Å². The molecule has 0 amide bonds. The Kier molecular flexibility index (Phi) is 3.52. The van der Waals surface area contributed by atoms with Gasteiger partial charge in [-0.15, -0.1) is 5.10 Å². The molecular formula is C19H21N3O2. The molecule has 1 aromatic carbocycles. The van der Waals surface area contributed by atoms with E-state index in [9.17, 15) is 4.79 Å². The SMILES string of the molecule is Cc1ccc2c(c1)C(=O)CC1(CCN(c3ccc(C)nn3)CC1)O2. The van der Waals surface area contributed by atoms with Gasteiger partial charge in [0.15, 0.2) is 11.6 Å². The van der Waals surface area contributed by atoms with Gasteiger partial charge in [-0.1, -0.05) is 11.6 Å². The maximum absolute atomic E-state index is 12.6. The predicted octanol–water partition coefficient (Wildman–Crippen LogP) is 3.10. The van der Waals surface area contributed by atoms with Crippen LogP contribution in [-0.4, -0.2) is 34.7 Å². The van der Waals surface area contributed by atoms with Gasteiger partial charge < -0.3 is 9.64 Å². The van der Waals surface area contributed by atoms with E-state index < -0.39 is 0 Å². The van der Waals surface area contributed by atoms with Crippen LogP contribution >= 0.6 is 0 Å². The van der Waals surface area contributed by atoms with Gasteiger partial charge in [0.1, 0.15) is 11.4 Å². The van der Waals surface area contributed by atoms with Crippen LogP contribution in [0.3, 0.4) is 0 Å². The summed E-state index contributed by atoms with van der Waals surface area (Å²) in [5, 5.41) is 8.40. The molecule has 5 heteroatoms. The number of hydrogen-bond acceptors (Lipinski definition) is 5. The third kappa shape index (κ3) is 2.64. The lowest BCUT2D eigenvalue weighted by atomic mass is 9.82. The van der Waals surface area contributed by atoms with E-state index in [1.54, 1.807) is 0 Å². The minimum absolute atomic E-state index is 0.198. The number of benzene rings is 1. The Morgan fingerprint density at radius 1 is 1.08 bits per heavy atom. The molecular weight excluding hydrogens is 302 g/mol. The summed E-state index contributed by atoms with van der Waals surface area (Å²) in [4.78, 5) is 14.8. The summed E-state index contributed by atoms with van der Waals surface area (Å²) in [6.07, 6.45) is 2.11. The second-order valence-electron chi connectivity index (χ2n) is 6.90. The highest BCUT2D eigenvalue weighted by atomic mass is 16.5. The minimum atomic E-state index is -0.367. The van der Waals surface area contributed by atoms with Crippen molar-refractivity contribution in [1.29, 1.82) is 0 Å². The molecule has 2 aromatic rings. The van der Waals surface area contributed by atoms with Crippen LogP contribution in [0.4, 0.5) is 5.82 Å². The molecule has 1 saturated heterocycles. The summed E-state index contributed by atoms with van der Waals surface area (Å²) in [7, 11) is 0. The molecule has 0 aliphatic carbocycles. The first-order chi connectivity index (χ1) is 11.5. The molecule has 124 valence electrons. The molecule has 0 bridgehead atoms. The Balaban J connectivity index is 1.52. The van der Waals surface area contributed by atoms with Crippen LogP contribution in [0.5, 0.6) is 5.75 Å². The molecule has 0 saturated carbocycles. The van der Waals surface area contributed by atoms with Crippen LogP contribution in [0.1, 0.15) is 40.9 Å². The highest BCUT2D eigenvalue weighted by molar-refractivity contribution is 6.00. The molecule has 0 atom stereocenters. The molecule has 1 fully saturated rings. The number of anilines is 1. The zero-order valence-electron chi connectivity index (χ0n) is 14.1. The Hall–Kier alpha value is -2.43. The van der Waals surface area contributed by atoms with Gasteiger partial charge in [-0.3, -0.25) is 4.79 Å². The summed E-state index contributed by atoms with van der Waals surface area (Å²) >= 11 is 0. The zero-order chi connectivity index (χ0) is 16.7. The number of aryl methyl sites for hydroxylation is 2. The standard InChI is InChI=1S/C19H21N3O2/c1-13-3-5-17-15(11-13)16(23)12-19(24-17)7-9-22(10-8-19)18-6-4-14(2)20-21-18/h3-6,11H,7-10,12H2,1-2H3. The topological polar surface area (TPSA) is 55.3 Å². The lowest BCUT2D eigenvalue weighted by molar-refractivity contribution is 0.0231. The van der Waals surface area contributed by atoms with Crippen molar-refractivity contribution < 1.29 is 9.53 Å². The van der Waals surface area contributed by atoms with Crippen molar-refractivity contribution in [1.82, 2.24) is 10.2 Å². The van der Waals surface area contributed by atoms with Crippen LogP contribution in [0.25, 0.3) is 0 Å². The molecule has 2 aliphatic rings. The molecule has 24 heavy (non-hydrogen) atoms. The first-order valence-electron chi connectivity index (χ1n) is 8.43. The van der Waals surface area contributed by atoms with Crippen molar-refractivity contribution in [3.63, 3.8) is 0 Å². The highest BCUT2D eigenvalue weighted by Gasteiger charge is 2.43. The van der Waals surface area contributed by atoms with E-state index in [-0.39, 0.29) is 11.4 Å². The lowest BCUT2D eigenvalue weighted by Crippen LogP contribution is -2.51. The summed E-state index contributed by atoms with van der Waals surface area (Å²) in [5.74, 6) is 1.83. The number of nitrogens with zero attached hydrogens (tertiary/aromatic N) is 3. The molecule has 0 unspecified atom stereocenters. The van der Waals surface area contributed by atoms with Crippen LogP contribution in [0.2, 0.25) is 0 Å². The lowest BCUT2D eigenvalue weighted by Gasteiger charge is -2.44. The van der Waals surface area contributed by atoms with Gasteiger partial charge in [-0.05, 0) is 38.1 Å². The van der Waals surface area contributed by atoms with E-state index in [0.29, 0.717) is 6.42 Å². The van der Waals surface area contributed by atoms with E-state index in [0.717, 1.165) is 54.3 Å². The van der Waals surface area contributed by atoms with E-state index >= 15 is 0 Å². The van der Waals surface area contributed by atoms with Gasteiger partial charge >= 0.3 is 0 Å². The smallest absolute Gasteiger partial charge is 0.170 e. The van der Waals surface area contributed by atoms with E-state index in [1.165, 1.54) is 0 Å². The maximum Gasteiger partial charge on any atom is 0.170 e. The number of piperidine rings is 1. The van der Waals surface area contributed by atoms with Crippen molar-refractivity contribution in [2.45, 2.75) is 38.7 Å². The van der Waals surface area contributed by atoms with Crippen molar-refractivity contribution >= 4 is 11.6 Å². The van der Waals surface area contributed by atoms with Gasteiger partial charge in [0, 0.05) is 25.9 Å². The van der Waals surface area contributed by atoms with Crippen LogP contribution in [0, 0.1) is 13.8 Å². The van der Waals surface area contributed by atoms with Gasteiger partial charge in [-0.25, -0.2) is 0 Å². The summed E-state index contributed by atoms with van der Waals surface area (Å²) < 4.78 is 6.31. The molecule has 1 spiro atoms. The van der Waals surface area contributed by atoms with Gasteiger partial charge in [0.2, 0.25) is 0 Å². The number of Topliss-reactive ketones (excluding diaryl/α,β-unsaturated/α-hetero) is 1. The second kappa shape index (κ2) is 5.58. The van der Waals surface area contributed by atoms with E-state index in [4.69, 9.17) is 4.74 Å². The van der Waals surface area contributed by atoms with Crippen molar-refractivity contribution in [2.24, 2.45) is 0 Å². The van der Waals surface area contributed by atoms with Crippen molar-refractivity contribution in [3.8, 4) is 5.75 Å². The second-order valence-corrected chi connectivity index (χ2v) is 6.90. The predicted molar refractivity (Wildman–Crippen MR) is 91.7 cm³/mol. The summed E-state index contributed by atoms with van der Waals surface area (Å²) in [6.45, 7) is 5.58. The number of carbonyl (C=O) groups excluding carboxylic acids is 1.